The topological polar surface area (TPSA) is 73.9 Å². The van der Waals surface area contributed by atoms with Gasteiger partial charge in [-0.05, 0) is 42.0 Å². The van der Waals surface area contributed by atoms with Crippen molar-refractivity contribution in [1.82, 2.24) is 5.32 Å². The van der Waals surface area contributed by atoms with Crippen LogP contribution in [0.2, 0.25) is 0 Å². The summed E-state index contributed by atoms with van der Waals surface area (Å²) < 4.78 is 27.7. The SMILES string of the molecule is COc1ccc(CNC(=O)COC(=O)COc2ccc(F)cc2)cc1. The van der Waals surface area contributed by atoms with Crippen molar-refractivity contribution in [2.75, 3.05) is 20.3 Å². The lowest BCUT2D eigenvalue weighted by atomic mass is 10.2. The van der Waals surface area contributed by atoms with Gasteiger partial charge in [-0.15, -0.1) is 0 Å². The first-order chi connectivity index (χ1) is 12.1. The Bertz CT molecular complexity index is 700. The van der Waals surface area contributed by atoms with Gasteiger partial charge in [0.2, 0.25) is 0 Å². The Morgan fingerprint density at radius 2 is 1.60 bits per heavy atom. The smallest absolute Gasteiger partial charge is 0.344 e. The summed E-state index contributed by atoms with van der Waals surface area (Å²) >= 11 is 0. The van der Waals surface area contributed by atoms with Gasteiger partial charge >= 0.3 is 5.97 Å². The molecule has 0 bridgehead atoms. The molecule has 0 fully saturated rings. The number of nitrogens with one attached hydrogen (secondary N) is 1. The van der Waals surface area contributed by atoms with Crippen LogP contribution in [0.1, 0.15) is 5.56 Å². The van der Waals surface area contributed by atoms with Gasteiger partial charge in [0.1, 0.15) is 17.3 Å². The van der Waals surface area contributed by atoms with Crippen LogP contribution in [0.5, 0.6) is 11.5 Å². The van der Waals surface area contributed by atoms with Crippen molar-refractivity contribution in [1.29, 1.82) is 0 Å². The van der Waals surface area contributed by atoms with Gasteiger partial charge < -0.3 is 19.5 Å². The van der Waals surface area contributed by atoms with Gasteiger partial charge in [-0.3, -0.25) is 4.79 Å². The average Bonchev–Trinajstić information content (AvgIpc) is 2.64. The Hall–Kier alpha value is -3.09. The van der Waals surface area contributed by atoms with E-state index in [1.54, 1.807) is 19.2 Å². The molecule has 0 aliphatic heterocycles. The fourth-order valence-electron chi connectivity index (χ4n) is 1.86. The van der Waals surface area contributed by atoms with Crippen LogP contribution in [0.15, 0.2) is 48.5 Å². The molecule has 0 atom stereocenters. The molecule has 0 radical (unpaired) electrons. The minimum atomic E-state index is -0.691. The van der Waals surface area contributed by atoms with Crippen LogP contribution < -0.4 is 14.8 Å². The molecule has 1 N–H and O–H groups in total. The van der Waals surface area contributed by atoms with Crippen LogP contribution in [0.4, 0.5) is 4.39 Å². The molecule has 6 nitrogen and oxygen atoms in total. The fraction of sp³-hybridized carbons (Fsp3) is 0.222. The molecular formula is C18H18FNO5. The van der Waals surface area contributed by atoms with Crippen LogP contribution in [0, 0.1) is 5.82 Å². The number of carbonyl (C=O) groups is 2. The predicted octanol–water partition coefficient (Wildman–Crippen LogP) is 2.07. The third-order valence-electron chi connectivity index (χ3n) is 3.18. The second-order valence-corrected chi connectivity index (χ2v) is 5.03. The molecule has 0 saturated heterocycles. The maximum Gasteiger partial charge on any atom is 0.344 e. The maximum atomic E-state index is 12.7. The first-order valence-corrected chi connectivity index (χ1v) is 7.50. The quantitative estimate of drug-likeness (QED) is 0.740. The number of benzene rings is 2. The molecule has 0 aromatic heterocycles. The number of halogens is 1. The summed E-state index contributed by atoms with van der Waals surface area (Å²) in [4.78, 5) is 23.2. The van der Waals surface area contributed by atoms with Crippen LogP contribution in [0.3, 0.4) is 0 Å². The fourth-order valence-corrected chi connectivity index (χ4v) is 1.86. The van der Waals surface area contributed by atoms with Gasteiger partial charge in [0.25, 0.3) is 5.91 Å². The lowest BCUT2D eigenvalue weighted by Crippen LogP contribution is -2.29. The van der Waals surface area contributed by atoms with Gasteiger partial charge in [-0.2, -0.15) is 0 Å². The molecule has 0 heterocycles. The summed E-state index contributed by atoms with van der Waals surface area (Å²) in [6.45, 7) is -0.453. The molecule has 0 aliphatic carbocycles. The number of methoxy groups -OCH3 is 1. The number of rotatable bonds is 8. The standard InChI is InChI=1S/C18H18FNO5/c1-23-15-6-2-13(3-7-15)10-20-17(21)11-25-18(22)12-24-16-8-4-14(19)5-9-16/h2-9H,10-12H2,1H3,(H,20,21). The lowest BCUT2D eigenvalue weighted by molar-refractivity contribution is -0.150. The molecule has 132 valence electrons. The molecule has 25 heavy (non-hydrogen) atoms. The van der Waals surface area contributed by atoms with E-state index in [0.717, 1.165) is 11.3 Å². The van der Waals surface area contributed by atoms with Gasteiger partial charge in [-0.25, -0.2) is 9.18 Å². The number of ether oxygens (including phenoxy) is 3. The Kier molecular flexibility index (Phi) is 6.76. The van der Waals surface area contributed by atoms with E-state index in [-0.39, 0.29) is 6.61 Å². The average molecular weight is 347 g/mol. The molecule has 0 spiro atoms. The lowest BCUT2D eigenvalue weighted by Gasteiger charge is -2.08. The maximum absolute atomic E-state index is 12.7. The van der Waals surface area contributed by atoms with Crippen molar-refractivity contribution >= 4 is 11.9 Å². The third kappa shape index (κ3) is 6.50. The summed E-state index contributed by atoms with van der Waals surface area (Å²) in [5, 5.41) is 2.63. The van der Waals surface area contributed by atoms with Gasteiger partial charge in [0.05, 0.1) is 7.11 Å². The summed E-state index contributed by atoms with van der Waals surface area (Å²) in [5.74, 6) is -0.453. The van der Waals surface area contributed by atoms with E-state index in [0.29, 0.717) is 12.3 Å². The second-order valence-electron chi connectivity index (χ2n) is 5.03. The number of hydrogen-bond acceptors (Lipinski definition) is 5. The number of esters is 1. The Morgan fingerprint density at radius 1 is 0.960 bits per heavy atom. The predicted molar refractivity (Wildman–Crippen MR) is 87.7 cm³/mol. The van der Waals surface area contributed by atoms with Crippen LogP contribution in [-0.4, -0.2) is 32.2 Å². The van der Waals surface area contributed by atoms with Crippen LogP contribution >= 0.6 is 0 Å². The highest BCUT2D eigenvalue weighted by atomic mass is 19.1. The number of carbonyl (C=O) groups excluding carboxylic acids is 2. The van der Waals surface area contributed by atoms with E-state index in [1.165, 1.54) is 24.3 Å². The zero-order valence-electron chi connectivity index (χ0n) is 13.7. The molecule has 0 aliphatic rings. The summed E-state index contributed by atoms with van der Waals surface area (Å²) in [7, 11) is 1.57. The van der Waals surface area contributed by atoms with Crippen molar-refractivity contribution < 1.29 is 28.2 Å². The highest BCUT2D eigenvalue weighted by Gasteiger charge is 2.08. The van der Waals surface area contributed by atoms with Crippen molar-refractivity contribution in [3.63, 3.8) is 0 Å². The van der Waals surface area contributed by atoms with E-state index in [4.69, 9.17) is 14.2 Å². The van der Waals surface area contributed by atoms with Gasteiger partial charge in [0, 0.05) is 6.54 Å². The second kappa shape index (κ2) is 9.27. The van der Waals surface area contributed by atoms with E-state index < -0.39 is 24.3 Å². The molecule has 2 aromatic carbocycles. The van der Waals surface area contributed by atoms with Crippen LogP contribution in [-0.2, 0) is 20.9 Å². The van der Waals surface area contributed by atoms with Gasteiger partial charge in [0.15, 0.2) is 13.2 Å². The summed E-state index contributed by atoms with van der Waals surface area (Å²) in [6, 6.07) is 12.4. The largest absolute Gasteiger partial charge is 0.497 e. The van der Waals surface area contributed by atoms with Crippen molar-refractivity contribution in [3.8, 4) is 11.5 Å². The van der Waals surface area contributed by atoms with E-state index >= 15 is 0 Å². The minimum Gasteiger partial charge on any atom is -0.497 e. The first-order valence-electron chi connectivity index (χ1n) is 7.50. The molecule has 1 amide bonds. The molecule has 0 saturated carbocycles. The molecule has 2 aromatic rings. The summed E-state index contributed by atoms with van der Waals surface area (Å²) in [5.41, 5.74) is 0.889. The summed E-state index contributed by atoms with van der Waals surface area (Å²) in [6.07, 6.45) is 0. The molecule has 2 rings (SSSR count). The Morgan fingerprint density at radius 3 is 2.24 bits per heavy atom. The van der Waals surface area contributed by atoms with Crippen LogP contribution in [0.25, 0.3) is 0 Å². The van der Waals surface area contributed by atoms with E-state index in [2.05, 4.69) is 5.32 Å². The van der Waals surface area contributed by atoms with E-state index in [9.17, 15) is 14.0 Å². The minimum absolute atomic E-state index is 0.312. The van der Waals surface area contributed by atoms with Crippen molar-refractivity contribution in [2.24, 2.45) is 0 Å². The number of amides is 1. The molecule has 7 heteroatoms. The first kappa shape index (κ1) is 18.3. The zero-order valence-corrected chi connectivity index (χ0v) is 13.7. The van der Waals surface area contributed by atoms with Crippen molar-refractivity contribution in [2.45, 2.75) is 6.54 Å². The zero-order chi connectivity index (χ0) is 18.1. The highest BCUT2D eigenvalue weighted by Crippen LogP contribution is 2.11. The van der Waals surface area contributed by atoms with Gasteiger partial charge in [-0.1, -0.05) is 12.1 Å². The highest BCUT2D eigenvalue weighted by molar-refractivity contribution is 5.80. The molecular weight excluding hydrogens is 329 g/mol. The third-order valence-corrected chi connectivity index (χ3v) is 3.18. The van der Waals surface area contributed by atoms with E-state index in [1.807, 2.05) is 12.1 Å². The van der Waals surface area contributed by atoms with Crippen molar-refractivity contribution in [3.05, 3.63) is 59.9 Å². The number of hydrogen-bond donors (Lipinski definition) is 1. The Balaban J connectivity index is 1.64. The normalized spacial score (nSPS) is 10.0. The molecule has 0 unspecified atom stereocenters. The monoisotopic (exact) mass is 347 g/mol. The Labute approximate surface area is 144 Å².